The fourth-order valence-electron chi connectivity index (χ4n) is 8.72. The van der Waals surface area contributed by atoms with Crippen LogP contribution in [0.3, 0.4) is 0 Å². The molecule has 6 heterocycles. The fourth-order valence-corrected chi connectivity index (χ4v) is 8.78. The van der Waals surface area contributed by atoms with Crippen LogP contribution >= 0.6 is 34.8 Å². The number of nitriles is 2. The molecule has 16 nitrogen and oxygen atoms in total. The lowest BCUT2D eigenvalue weighted by molar-refractivity contribution is -0.150. The third-order valence-electron chi connectivity index (χ3n) is 11.8. The highest BCUT2D eigenvalue weighted by Gasteiger charge is 2.51. The molecule has 0 radical (unpaired) electrons. The van der Waals surface area contributed by atoms with Gasteiger partial charge in [0.15, 0.2) is 40.9 Å². The summed E-state index contributed by atoms with van der Waals surface area (Å²) in [4.78, 5) is 47.7. The second-order valence-electron chi connectivity index (χ2n) is 16.1. The van der Waals surface area contributed by atoms with Crippen LogP contribution in [-0.4, -0.2) is 112 Å². The zero-order chi connectivity index (χ0) is 48.6. The number of pyridine rings is 2. The summed E-state index contributed by atoms with van der Waals surface area (Å²) in [5.74, 6) is -0.469. The third kappa shape index (κ3) is 10.6. The lowest BCUT2D eigenvalue weighted by Crippen LogP contribution is -2.37. The van der Waals surface area contributed by atoms with E-state index in [0.717, 1.165) is 11.1 Å². The number of nitrogens with zero attached hydrogens (tertiary/aromatic N) is 4. The highest BCUT2D eigenvalue weighted by atomic mass is 35.5. The molecule has 0 bridgehead atoms. The van der Waals surface area contributed by atoms with E-state index in [1.807, 2.05) is 121 Å². The van der Waals surface area contributed by atoms with Gasteiger partial charge in [-0.15, -0.1) is 23.2 Å². The minimum absolute atomic E-state index is 0.0494. The Kier molecular flexibility index (Phi) is 16.0. The fraction of sp³-hybridized carbons (Fsp3) is 0.320. The van der Waals surface area contributed by atoms with Gasteiger partial charge in [0.05, 0.1) is 56.4 Å². The number of rotatable bonds is 11. The normalized spacial score (nSPS) is 23.0. The van der Waals surface area contributed by atoms with Gasteiger partial charge in [-0.05, 0) is 47.0 Å². The van der Waals surface area contributed by atoms with Gasteiger partial charge < -0.3 is 47.4 Å². The van der Waals surface area contributed by atoms with E-state index in [9.17, 15) is 34.8 Å². The predicted molar refractivity (Wildman–Crippen MR) is 253 cm³/mol. The first-order chi connectivity index (χ1) is 33.5. The van der Waals surface area contributed by atoms with Crippen LogP contribution in [0.2, 0.25) is 0 Å². The Hall–Kier alpha value is -6.31. The van der Waals surface area contributed by atoms with Crippen molar-refractivity contribution in [2.75, 3.05) is 38.2 Å². The molecule has 0 spiro atoms. The van der Waals surface area contributed by atoms with Gasteiger partial charge in [0.25, 0.3) is 11.1 Å². The lowest BCUT2D eigenvalue weighted by atomic mass is 10.1. The van der Waals surface area contributed by atoms with E-state index in [2.05, 4.69) is 0 Å². The zero-order valence-corrected chi connectivity index (χ0v) is 38.8. The number of benzene rings is 4. The van der Waals surface area contributed by atoms with E-state index in [4.69, 9.17) is 68.0 Å². The van der Waals surface area contributed by atoms with Crippen molar-refractivity contribution in [3.05, 3.63) is 152 Å². The molecular formula is C50H43Cl3N4O12. The number of aromatic nitrogens is 2. The average Bonchev–Trinajstić information content (AvgIpc) is 4.17. The van der Waals surface area contributed by atoms with E-state index >= 15 is 0 Å². The first-order valence-electron chi connectivity index (χ1n) is 21.7. The predicted octanol–water partition coefficient (Wildman–Crippen LogP) is 5.44. The summed E-state index contributed by atoms with van der Waals surface area (Å²) >= 11 is 15.1. The molecule has 4 aliphatic heterocycles. The van der Waals surface area contributed by atoms with Crippen molar-refractivity contribution in [2.45, 2.75) is 61.9 Å². The maximum Gasteiger partial charge on any atom is 0.321 e. The third-order valence-corrected chi connectivity index (χ3v) is 12.6. The van der Waals surface area contributed by atoms with Gasteiger partial charge in [-0.1, -0.05) is 84.9 Å². The monoisotopic (exact) mass is 996 g/mol. The summed E-state index contributed by atoms with van der Waals surface area (Å²) in [5.41, 5.74) is 2.27. The van der Waals surface area contributed by atoms with Crippen LogP contribution in [0.4, 0.5) is 0 Å². The van der Waals surface area contributed by atoms with Crippen molar-refractivity contribution < 1.29 is 47.9 Å². The van der Waals surface area contributed by atoms with Gasteiger partial charge in [0.1, 0.15) is 48.5 Å². The molecule has 356 valence electrons. The summed E-state index contributed by atoms with van der Waals surface area (Å²) < 4.78 is 43.7. The molecule has 4 fully saturated rings. The molecule has 6 aromatic rings. The van der Waals surface area contributed by atoms with E-state index < -0.39 is 71.2 Å². The van der Waals surface area contributed by atoms with Gasteiger partial charge in [0, 0.05) is 10.8 Å². The number of ether oxygens (including phenoxy) is 7. The number of esters is 1. The van der Waals surface area contributed by atoms with Crippen molar-refractivity contribution >= 4 is 67.8 Å². The highest BCUT2D eigenvalue weighted by molar-refractivity contribution is 6.67. The minimum atomic E-state index is -0.699. The van der Waals surface area contributed by atoms with Crippen LogP contribution in [0.25, 0.3) is 21.8 Å². The first-order valence-corrected chi connectivity index (χ1v) is 23.2. The topological polar surface area (TPSA) is 211 Å². The molecule has 4 aliphatic rings. The lowest BCUT2D eigenvalue weighted by Gasteiger charge is -2.21. The molecule has 2 unspecified atom stereocenters. The molecule has 10 rings (SSSR count). The van der Waals surface area contributed by atoms with Gasteiger partial charge >= 0.3 is 5.97 Å². The maximum atomic E-state index is 13.4. The molecular weight excluding hydrogens is 955 g/mol. The van der Waals surface area contributed by atoms with Crippen molar-refractivity contribution in [2.24, 2.45) is 0 Å². The second-order valence-corrected chi connectivity index (χ2v) is 17.1. The highest BCUT2D eigenvalue weighted by Crippen LogP contribution is 2.36. The van der Waals surface area contributed by atoms with E-state index in [1.165, 1.54) is 0 Å². The number of hydrogen-bond donors (Lipinski definition) is 1. The van der Waals surface area contributed by atoms with Gasteiger partial charge in [-0.2, -0.15) is 10.5 Å². The Morgan fingerprint density at radius 1 is 0.594 bits per heavy atom. The number of aliphatic hydroxyl groups is 1. The van der Waals surface area contributed by atoms with Crippen LogP contribution in [0.5, 0.6) is 11.5 Å². The van der Waals surface area contributed by atoms with Crippen molar-refractivity contribution in [1.82, 2.24) is 9.13 Å². The molecule has 4 aromatic carbocycles. The molecule has 8 atom stereocenters. The largest absolute Gasteiger partial charge is 0.483 e. The van der Waals surface area contributed by atoms with Crippen molar-refractivity contribution in [1.29, 1.82) is 10.5 Å². The first kappa shape index (κ1) is 49.1. The van der Waals surface area contributed by atoms with Crippen LogP contribution in [-0.2, 0) is 46.4 Å². The quantitative estimate of drug-likeness (QED) is 0.0975. The molecule has 1 N–H and O–H groups in total. The number of aliphatic hydroxyl groups excluding tert-OH is 1. The van der Waals surface area contributed by atoms with Crippen LogP contribution in [0.1, 0.15) is 22.3 Å². The number of carbonyl (C=O) groups is 2. The van der Waals surface area contributed by atoms with Crippen LogP contribution in [0.15, 0.2) is 119 Å². The Bertz CT molecular complexity index is 3030. The molecule has 2 aromatic heterocycles. The van der Waals surface area contributed by atoms with Gasteiger partial charge in [0.2, 0.25) is 5.24 Å². The Morgan fingerprint density at radius 2 is 0.986 bits per heavy atom. The van der Waals surface area contributed by atoms with E-state index in [-0.39, 0.29) is 60.8 Å². The smallest absolute Gasteiger partial charge is 0.321 e. The molecule has 69 heavy (non-hydrogen) atoms. The summed E-state index contributed by atoms with van der Waals surface area (Å²) in [6.45, 7) is 1.39. The van der Waals surface area contributed by atoms with Crippen molar-refractivity contribution in [3.63, 3.8) is 0 Å². The standard InChI is InChI=1S/C25H21ClN2O6.C23H20N2O5.C2H2Cl2O/c26-10-21(29)33-19-13-31-24-20(14-32-23(19)24)34-22-16-8-4-5-9-18(16)28(25(30)17(22)11-27)12-15-6-2-1-3-7-15;24-10-16-20(30-19-13-29-21-18(26)12-28-22(19)21)15-8-4-5-9-17(15)25(23(16)27)11-14-6-2-1-3-7-14;3-1-2(4)5/h1-9,19-20,23-24H,10,12-14H2;1-9,18-19,21-22,26H,11-13H2;1H2/t19-,20?,23+,24+;18-,19?,21+,22+;/m00./s1. The Balaban J connectivity index is 0.000000171. The van der Waals surface area contributed by atoms with Crippen molar-refractivity contribution in [3.8, 4) is 23.6 Å². The van der Waals surface area contributed by atoms with Crippen LogP contribution < -0.4 is 20.6 Å². The van der Waals surface area contributed by atoms with Crippen LogP contribution in [0, 0.1) is 22.7 Å². The maximum absolute atomic E-state index is 13.4. The molecule has 0 aliphatic carbocycles. The van der Waals surface area contributed by atoms with Gasteiger partial charge in [-0.25, -0.2) is 0 Å². The van der Waals surface area contributed by atoms with E-state index in [1.54, 1.807) is 9.13 Å². The SMILES string of the molecule is N#Cc1c(OC2CO[C@@H]3[C@@H](OC(=O)CCl)CO[C@H]23)c2ccccc2n(Cc2ccccc2)c1=O.N#Cc1c(OC2CO[C@H]3[C@@H]2OC[C@@H]3O)c2ccccc2n(Cc2ccccc2)c1=O.O=C(Cl)CCl. The Morgan fingerprint density at radius 3 is 1.43 bits per heavy atom. The second kappa shape index (κ2) is 22.4. The molecule has 0 amide bonds. The number of hydrogen-bond acceptors (Lipinski definition) is 14. The number of para-hydroxylation sites is 2. The molecule has 4 saturated heterocycles. The number of fused-ring (bicyclic) bond motifs is 4. The molecule has 0 saturated carbocycles. The summed E-state index contributed by atoms with van der Waals surface area (Å²) in [6.07, 6.45) is -4.28. The number of carbonyl (C=O) groups excluding carboxylic acids is 2. The Labute approximate surface area is 409 Å². The van der Waals surface area contributed by atoms with E-state index in [0.29, 0.717) is 34.9 Å². The molecule has 19 heteroatoms. The number of alkyl halides is 2. The summed E-state index contributed by atoms with van der Waals surface area (Å²) in [7, 11) is 0. The minimum Gasteiger partial charge on any atom is -0.483 e. The summed E-state index contributed by atoms with van der Waals surface area (Å²) in [5, 5.41) is 30.5. The average molecular weight is 998 g/mol. The number of halogens is 3. The zero-order valence-electron chi connectivity index (χ0n) is 36.5. The summed E-state index contributed by atoms with van der Waals surface area (Å²) in [6, 6.07) is 38.0. The van der Waals surface area contributed by atoms with Gasteiger partial charge in [-0.3, -0.25) is 19.2 Å².